The fourth-order valence-electron chi connectivity index (χ4n) is 1.22. The van der Waals surface area contributed by atoms with Crippen LogP contribution in [0.2, 0.25) is 0 Å². The molecule has 1 saturated heterocycles. The molecule has 0 aliphatic carbocycles. The van der Waals surface area contributed by atoms with Gasteiger partial charge in [-0.3, -0.25) is 4.79 Å². The molecule has 2 N–H and O–H groups in total. The highest BCUT2D eigenvalue weighted by Gasteiger charge is 2.44. The average molecular weight is 163 g/mol. The first kappa shape index (κ1) is 7.31. The lowest BCUT2D eigenvalue weighted by Gasteiger charge is -1.91. The largest absolute Gasteiger partial charge is 0.367 e. The highest BCUT2D eigenvalue weighted by Crippen LogP contribution is 2.37. The molecule has 0 bridgehead atoms. The van der Waals surface area contributed by atoms with Crippen LogP contribution in [0.1, 0.15) is 11.7 Å². The summed E-state index contributed by atoms with van der Waals surface area (Å²) in [5.41, 5.74) is 6.08. The number of nitrogens with two attached hydrogens (primary N) is 1. The minimum atomic E-state index is -0.410. The van der Waals surface area contributed by atoms with Gasteiger partial charge in [-0.25, -0.2) is 0 Å². The second-order valence-electron chi connectivity index (χ2n) is 2.79. The van der Waals surface area contributed by atoms with Gasteiger partial charge in [0.1, 0.15) is 6.10 Å². The first-order chi connectivity index (χ1) is 5.79. The number of primary amides is 1. The van der Waals surface area contributed by atoms with Crippen molar-refractivity contribution < 1.29 is 9.53 Å². The number of ether oxygens (including phenoxy) is 1. The van der Waals surface area contributed by atoms with Gasteiger partial charge in [-0.05, 0) is 5.56 Å². The smallest absolute Gasteiger partial charge is 0.249 e. The van der Waals surface area contributed by atoms with Gasteiger partial charge in [-0.1, -0.05) is 30.3 Å². The van der Waals surface area contributed by atoms with E-state index in [4.69, 9.17) is 10.5 Å². The van der Waals surface area contributed by atoms with E-state index >= 15 is 0 Å². The summed E-state index contributed by atoms with van der Waals surface area (Å²) < 4.78 is 5.09. The molecule has 0 saturated carbocycles. The van der Waals surface area contributed by atoms with E-state index in [1.54, 1.807) is 0 Å². The van der Waals surface area contributed by atoms with Crippen LogP contribution in [0.15, 0.2) is 30.3 Å². The molecule has 1 aromatic carbocycles. The summed E-state index contributed by atoms with van der Waals surface area (Å²) in [5.74, 6) is -0.385. The van der Waals surface area contributed by atoms with E-state index in [2.05, 4.69) is 0 Å². The fourth-order valence-corrected chi connectivity index (χ4v) is 1.22. The molecule has 1 amide bonds. The molecule has 12 heavy (non-hydrogen) atoms. The third-order valence-corrected chi connectivity index (χ3v) is 1.90. The Morgan fingerprint density at radius 3 is 2.50 bits per heavy atom. The minimum Gasteiger partial charge on any atom is -0.367 e. The molecule has 3 heteroatoms. The van der Waals surface area contributed by atoms with Crippen molar-refractivity contribution in [3.05, 3.63) is 35.9 Å². The van der Waals surface area contributed by atoms with Gasteiger partial charge >= 0.3 is 0 Å². The molecule has 1 aliphatic rings. The van der Waals surface area contributed by atoms with Crippen molar-refractivity contribution >= 4 is 5.91 Å². The predicted octanol–water partition coefficient (Wildman–Crippen LogP) is 0.612. The van der Waals surface area contributed by atoms with Crippen LogP contribution < -0.4 is 5.73 Å². The van der Waals surface area contributed by atoms with Gasteiger partial charge in [0, 0.05) is 0 Å². The molecule has 1 aromatic rings. The van der Waals surface area contributed by atoms with Crippen molar-refractivity contribution in [3.63, 3.8) is 0 Å². The summed E-state index contributed by atoms with van der Waals surface area (Å²) in [6.07, 6.45) is -0.518. The monoisotopic (exact) mass is 163 g/mol. The van der Waals surface area contributed by atoms with E-state index in [9.17, 15) is 4.79 Å². The Balaban J connectivity index is 2.11. The molecule has 1 fully saturated rings. The van der Waals surface area contributed by atoms with E-state index in [1.807, 2.05) is 30.3 Å². The Bertz CT molecular complexity index is 297. The lowest BCUT2D eigenvalue weighted by molar-refractivity contribution is -0.119. The summed E-state index contributed by atoms with van der Waals surface area (Å²) in [4.78, 5) is 10.6. The van der Waals surface area contributed by atoms with Crippen LogP contribution in [0.4, 0.5) is 0 Å². The number of rotatable bonds is 2. The SMILES string of the molecule is NC(=O)[C@H]1O[C@H]1c1ccccc1. The van der Waals surface area contributed by atoms with Gasteiger partial charge in [0.15, 0.2) is 6.10 Å². The second-order valence-corrected chi connectivity index (χ2v) is 2.79. The lowest BCUT2D eigenvalue weighted by atomic mass is 10.1. The Hall–Kier alpha value is -1.35. The molecule has 0 unspecified atom stereocenters. The highest BCUT2D eigenvalue weighted by atomic mass is 16.6. The zero-order valence-electron chi connectivity index (χ0n) is 6.44. The van der Waals surface area contributed by atoms with Gasteiger partial charge in [0.05, 0.1) is 0 Å². The van der Waals surface area contributed by atoms with Crippen molar-refractivity contribution in [1.82, 2.24) is 0 Å². The van der Waals surface area contributed by atoms with Crippen LogP contribution in [-0.4, -0.2) is 12.0 Å². The minimum absolute atomic E-state index is 0.108. The molecule has 0 aromatic heterocycles. The van der Waals surface area contributed by atoms with E-state index < -0.39 is 6.10 Å². The number of hydrogen-bond donors (Lipinski definition) is 1. The standard InChI is InChI=1S/C9H9NO2/c10-9(11)8-7(12-8)6-4-2-1-3-5-6/h1-5,7-8H,(H2,10,11)/t7-,8-/m0/s1. The zero-order valence-corrected chi connectivity index (χ0v) is 6.44. The van der Waals surface area contributed by atoms with Crippen LogP contribution >= 0.6 is 0 Å². The van der Waals surface area contributed by atoms with E-state index in [0.717, 1.165) is 5.56 Å². The van der Waals surface area contributed by atoms with E-state index in [0.29, 0.717) is 0 Å². The maximum Gasteiger partial charge on any atom is 0.249 e. The van der Waals surface area contributed by atoms with Crippen LogP contribution in [0.3, 0.4) is 0 Å². The van der Waals surface area contributed by atoms with Gasteiger partial charge in [0.2, 0.25) is 5.91 Å². The molecule has 2 atom stereocenters. The van der Waals surface area contributed by atoms with E-state index in [1.165, 1.54) is 0 Å². The maximum absolute atomic E-state index is 10.6. The average Bonchev–Trinajstić information content (AvgIpc) is 2.84. The molecular formula is C9H9NO2. The first-order valence-electron chi connectivity index (χ1n) is 3.79. The summed E-state index contributed by atoms with van der Waals surface area (Å²) in [6, 6.07) is 9.59. The quantitative estimate of drug-likeness (QED) is 0.649. The van der Waals surface area contributed by atoms with Crippen LogP contribution in [0.5, 0.6) is 0 Å². The third-order valence-electron chi connectivity index (χ3n) is 1.90. The summed E-state index contributed by atoms with van der Waals surface area (Å²) in [5, 5.41) is 0. The van der Waals surface area contributed by atoms with Crippen LogP contribution in [-0.2, 0) is 9.53 Å². The Kier molecular flexibility index (Phi) is 1.59. The first-order valence-corrected chi connectivity index (χ1v) is 3.79. The second kappa shape index (κ2) is 2.60. The summed E-state index contributed by atoms with van der Waals surface area (Å²) >= 11 is 0. The number of benzene rings is 1. The molecule has 1 heterocycles. The fraction of sp³-hybridized carbons (Fsp3) is 0.222. The van der Waals surface area contributed by atoms with Crippen molar-refractivity contribution in [2.45, 2.75) is 12.2 Å². The number of epoxide rings is 1. The van der Waals surface area contributed by atoms with Crippen molar-refractivity contribution in [3.8, 4) is 0 Å². The topological polar surface area (TPSA) is 55.6 Å². The molecule has 62 valence electrons. The molecule has 0 spiro atoms. The van der Waals surface area contributed by atoms with E-state index in [-0.39, 0.29) is 12.0 Å². The Morgan fingerprint density at radius 1 is 1.33 bits per heavy atom. The molecule has 0 radical (unpaired) electrons. The van der Waals surface area contributed by atoms with Crippen LogP contribution in [0.25, 0.3) is 0 Å². The van der Waals surface area contributed by atoms with Crippen molar-refractivity contribution in [1.29, 1.82) is 0 Å². The number of hydrogen-bond acceptors (Lipinski definition) is 2. The van der Waals surface area contributed by atoms with Gasteiger partial charge in [-0.15, -0.1) is 0 Å². The summed E-state index contributed by atoms with van der Waals surface area (Å²) in [6.45, 7) is 0. The lowest BCUT2D eigenvalue weighted by Crippen LogP contribution is -2.18. The third kappa shape index (κ3) is 1.19. The number of amides is 1. The van der Waals surface area contributed by atoms with Gasteiger partial charge in [-0.2, -0.15) is 0 Å². The highest BCUT2D eigenvalue weighted by molar-refractivity contribution is 5.82. The predicted molar refractivity (Wildman–Crippen MR) is 43.3 cm³/mol. The van der Waals surface area contributed by atoms with Gasteiger partial charge < -0.3 is 10.5 Å². The molecule has 1 aliphatic heterocycles. The zero-order chi connectivity index (χ0) is 8.55. The van der Waals surface area contributed by atoms with Gasteiger partial charge in [0.25, 0.3) is 0 Å². The van der Waals surface area contributed by atoms with Crippen molar-refractivity contribution in [2.24, 2.45) is 5.73 Å². The normalized spacial score (nSPS) is 26.7. The molecule has 3 nitrogen and oxygen atoms in total. The number of carbonyl (C=O) groups excluding carboxylic acids is 1. The molecule has 2 rings (SSSR count). The van der Waals surface area contributed by atoms with Crippen molar-refractivity contribution in [2.75, 3.05) is 0 Å². The van der Waals surface area contributed by atoms with Crippen LogP contribution in [0, 0.1) is 0 Å². The Labute approximate surface area is 70.1 Å². The molecular weight excluding hydrogens is 154 g/mol. The Morgan fingerprint density at radius 2 is 2.00 bits per heavy atom. The number of carbonyl (C=O) groups is 1. The maximum atomic E-state index is 10.6. The summed E-state index contributed by atoms with van der Waals surface area (Å²) in [7, 11) is 0.